The van der Waals surface area contributed by atoms with Gasteiger partial charge in [-0.1, -0.05) is 0 Å². The molecule has 17 heavy (non-hydrogen) atoms. The summed E-state index contributed by atoms with van der Waals surface area (Å²) in [6.07, 6.45) is 0. The molecule has 0 saturated heterocycles. The maximum absolute atomic E-state index is 13.1. The highest BCUT2D eigenvalue weighted by Crippen LogP contribution is 2.18. The number of halogens is 2. The molecule has 0 fully saturated rings. The van der Waals surface area contributed by atoms with E-state index in [1.54, 1.807) is 26.0 Å². The van der Waals surface area contributed by atoms with Crippen LogP contribution in [0.5, 0.6) is 0 Å². The van der Waals surface area contributed by atoms with Gasteiger partial charge in [-0.3, -0.25) is 4.79 Å². The number of nitrogens with zero attached hydrogens (tertiary/aromatic N) is 1. The van der Waals surface area contributed by atoms with Crippen molar-refractivity contribution in [2.75, 3.05) is 0 Å². The molecule has 0 saturated carbocycles. The fourth-order valence-corrected chi connectivity index (χ4v) is 1.76. The van der Waals surface area contributed by atoms with Gasteiger partial charge >= 0.3 is 0 Å². The molecule has 1 aromatic carbocycles. The number of hydrogen-bond donors (Lipinski definition) is 1. The molecule has 0 bridgehead atoms. The second-order valence-electron chi connectivity index (χ2n) is 3.78. The van der Waals surface area contributed by atoms with Crippen molar-refractivity contribution in [1.29, 1.82) is 0 Å². The van der Waals surface area contributed by atoms with E-state index in [2.05, 4.69) is 9.97 Å². The topological polar surface area (TPSA) is 45.8 Å². The average Bonchev–Trinajstić information content (AvgIpc) is 2.29. The van der Waals surface area contributed by atoms with Crippen LogP contribution in [0, 0.1) is 23.2 Å². The van der Waals surface area contributed by atoms with Crippen LogP contribution in [0.4, 0.5) is 4.39 Å². The van der Waals surface area contributed by atoms with Crippen LogP contribution in [0.2, 0.25) is 0 Å². The highest BCUT2D eigenvalue weighted by atomic mass is 127. The van der Waals surface area contributed by atoms with Crippen LogP contribution in [0.25, 0.3) is 11.4 Å². The SMILES string of the molecule is Cc1cc(-c2nc(C)c(I)c(=O)[nH]2)ccc1F. The second kappa shape index (κ2) is 4.56. The predicted octanol–water partition coefficient (Wildman–Crippen LogP) is 2.80. The van der Waals surface area contributed by atoms with Gasteiger partial charge in [0.1, 0.15) is 11.6 Å². The molecular weight excluding hydrogens is 334 g/mol. The van der Waals surface area contributed by atoms with Gasteiger partial charge in [0, 0.05) is 5.56 Å². The number of nitrogens with one attached hydrogen (secondary N) is 1. The van der Waals surface area contributed by atoms with Gasteiger partial charge in [0.2, 0.25) is 0 Å². The molecule has 0 unspecified atom stereocenters. The van der Waals surface area contributed by atoms with Gasteiger partial charge in [0.05, 0.1) is 9.26 Å². The number of rotatable bonds is 1. The molecule has 1 aromatic heterocycles. The minimum Gasteiger partial charge on any atom is -0.306 e. The van der Waals surface area contributed by atoms with Crippen molar-refractivity contribution in [3.8, 4) is 11.4 Å². The molecule has 0 radical (unpaired) electrons. The summed E-state index contributed by atoms with van der Waals surface area (Å²) in [4.78, 5) is 18.6. The Hall–Kier alpha value is -1.24. The quantitative estimate of drug-likeness (QED) is 0.809. The largest absolute Gasteiger partial charge is 0.306 e. The predicted molar refractivity (Wildman–Crippen MR) is 72.4 cm³/mol. The molecule has 2 rings (SSSR count). The second-order valence-corrected chi connectivity index (χ2v) is 4.86. The van der Waals surface area contributed by atoms with E-state index in [-0.39, 0.29) is 11.4 Å². The molecular formula is C12H10FIN2O. The Morgan fingerprint density at radius 1 is 1.35 bits per heavy atom. The summed E-state index contributed by atoms with van der Waals surface area (Å²) in [5.41, 5.74) is 1.74. The van der Waals surface area contributed by atoms with E-state index >= 15 is 0 Å². The van der Waals surface area contributed by atoms with Crippen molar-refractivity contribution in [3.05, 3.63) is 49.2 Å². The van der Waals surface area contributed by atoms with Crippen molar-refractivity contribution in [3.63, 3.8) is 0 Å². The van der Waals surface area contributed by atoms with Crippen LogP contribution in [0.3, 0.4) is 0 Å². The van der Waals surface area contributed by atoms with Gasteiger partial charge in [0.15, 0.2) is 0 Å². The Labute approximate surface area is 111 Å². The molecule has 2 aromatic rings. The summed E-state index contributed by atoms with van der Waals surface area (Å²) >= 11 is 1.95. The Bertz CT molecular complexity index is 637. The lowest BCUT2D eigenvalue weighted by Crippen LogP contribution is -2.14. The normalized spacial score (nSPS) is 10.6. The first-order chi connectivity index (χ1) is 7.99. The molecule has 88 valence electrons. The summed E-state index contributed by atoms with van der Waals surface area (Å²) in [6, 6.07) is 4.64. The molecule has 1 N–H and O–H groups in total. The van der Waals surface area contributed by atoms with E-state index in [1.807, 2.05) is 22.6 Å². The lowest BCUT2D eigenvalue weighted by atomic mass is 10.1. The van der Waals surface area contributed by atoms with E-state index in [9.17, 15) is 9.18 Å². The van der Waals surface area contributed by atoms with E-state index in [0.717, 1.165) is 0 Å². The molecule has 1 heterocycles. The maximum Gasteiger partial charge on any atom is 0.264 e. The number of benzene rings is 1. The molecule has 0 aliphatic carbocycles. The van der Waals surface area contributed by atoms with Crippen LogP contribution in [-0.2, 0) is 0 Å². The zero-order chi connectivity index (χ0) is 12.6. The van der Waals surface area contributed by atoms with Crippen molar-refractivity contribution < 1.29 is 4.39 Å². The lowest BCUT2D eigenvalue weighted by molar-refractivity contribution is 0.618. The molecule has 0 atom stereocenters. The van der Waals surface area contributed by atoms with Gasteiger partial charge in [0.25, 0.3) is 5.56 Å². The van der Waals surface area contributed by atoms with Crippen molar-refractivity contribution in [1.82, 2.24) is 9.97 Å². The first kappa shape index (κ1) is 12.2. The van der Waals surface area contributed by atoms with Crippen LogP contribution >= 0.6 is 22.6 Å². The van der Waals surface area contributed by atoms with Crippen LogP contribution in [0.1, 0.15) is 11.3 Å². The summed E-state index contributed by atoms with van der Waals surface area (Å²) in [5.74, 6) is 0.203. The van der Waals surface area contributed by atoms with Crippen molar-refractivity contribution in [2.24, 2.45) is 0 Å². The van der Waals surface area contributed by atoms with E-state index in [4.69, 9.17) is 0 Å². The Balaban J connectivity index is 2.61. The summed E-state index contributed by atoms with van der Waals surface area (Å²) in [7, 11) is 0. The zero-order valence-corrected chi connectivity index (χ0v) is 11.5. The number of aromatic nitrogens is 2. The smallest absolute Gasteiger partial charge is 0.264 e. The molecule has 0 spiro atoms. The Kier molecular flexibility index (Phi) is 3.28. The van der Waals surface area contributed by atoms with Gasteiger partial charge < -0.3 is 4.98 Å². The first-order valence-corrected chi connectivity index (χ1v) is 6.10. The van der Waals surface area contributed by atoms with Crippen LogP contribution < -0.4 is 5.56 Å². The summed E-state index contributed by atoms with van der Waals surface area (Å²) in [6.45, 7) is 3.45. The van der Waals surface area contributed by atoms with Crippen molar-refractivity contribution >= 4 is 22.6 Å². The van der Waals surface area contributed by atoms with E-state index < -0.39 is 0 Å². The number of hydrogen-bond acceptors (Lipinski definition) is 2. The highest BCUT2D eigenvalue weighted by Gasteiger charge is 2.08. The molecule has 3 nitrogen and oxygen atoms in total. The maximum atomic E-state index is 13.1. The third-order valence-electron chi connectivity index (χ3n) is 2.46. The van der Waals surface area contributed by atoms with Crippen molar-refractivity contribution in [2.45, 2.75) is 13.8 Å². The molecule has 0 amide bonds. The fourth-order valence-electron chi connectivity index (χ4n) is 1.50. The third kappa shape index (κ3) is 2.38. The summed E-state index contributed by atoms with van der Waals surface area (Å²) in [5, 5.41) is 0. The fraction of sp³-hybridized carbons (Fsp3) is 0.167. The van der Waals surface area contributed by atoms with Crippen LogP contribution in [-0.4, -0.2) is 9.97 Å². The number of H-pyrrole nitrogens is 1. The summed E-state index contributed by atoms with van der Waals surface area (Å²) < 4.78 is 13.7. The van der Waals surface area contributed by atoms with E-state index in [0.29, 0.717) is 26.2 Å². The standard InChI is InChI=1S/C12H10FIN2O/c1-6-5-8(3-4-9(6)13)11-15-7(2)10(14)12(17)16-11/h3-5H,1-2H3,(H,15,16,17). The molecule has 5 heteroatoms. The number of aromatic amines is 1. The zero-order valence-electron chi connectivity index (χ0n) is 9.34. The van der Waals surface area contributed by atoms with Gasteiger partial charge in [-0.05, 0) is 60.2 Å². The first-order valence-electron chi connectivity index (χ1n) is 5.02. The Morgan fingerprint density at radius 2 is 2.06 bits per heavy atom. The van der Waals surface area contributed by atoms with Gasteiger partial charge in [-0.2, -0.15) is 0 Å². The molecule has 0 aliphatic rings. The average molecular weight is 344 g/mol. The Morgan fingerprint density at radius 3 is 2.65 bits per heavy atom. The minimum atomic E-state index is -0.265. The third-order valence-corrected chi connectivity index (χ3v) is 3.73. The minimum absolute atomic E-state index is 0.171. The number of aryl methyl sites for hydroxylation is 2. The van der Waals surface area contributed by atoms with Gasteiger partial charge in [-0.25, -0.2) is 9.37 Å². The molecule has 0 aliphatic heterocycles. The van der Waals surface area contributed by atoms with Crippen LogP contribution in [0.15, 0.2) is 23.0 Å². The van der Waals surface area contributed by atoms with E-state index in [1.165, 1.54) is 6.07 Å². The lowest BCUT2D eigenvalue weighted by Gasteiger charge is -2.05. The highest BCUT2D eigenvalue weighted by molar-refractivity contribution is 14.1. The van der Waals surface area contributed by atoms with Gasteiger partial charge in [-0.15, -0.1) is 0 Å². The monoisotopic (exact) mass is 344 g/mol.